The van der Waals surface area contributed by atoms with Gasteiger partial charge in [-0.1, -0.05) is 24.4 Å². The number of amides is 1. The van der Waals surface area contributed by atoms with Crippen molar-refractivity contribution in [2.24, 2.45) is 5.73 Å². The molecule has 5 heteroatoms. The highest BCUT2D eigenvalue weighted by Gasteiger charge is 2.06. The van der Waals surface area contributed by atoms with Crippen LogP contribution in [-0.2, 0) is 4.79 Å². The van der Waals surface area contributed by atoms with Crippen molar-refractivity contribution in [1.29, 1.82) is 0 Å². The number of anilines is 2. The Bertz CT molecular complexity index is 435. The maximum Gasteiger partial charge on any atom is 0.224 e. The van der Waals surface area contributed by atoms with Gasteiger partial charge >= 0.3 is 0 Å². The fourth-order valence-corrected chi connectivity index (χ4v) is 2.30. The number of nitrogens with zero attached hydrogens (tertiary/aromatic N) is 1. The molecule has 0 aliphatic heterocycles. The van der Waals surface area contributed by atoms with E-state index in [2.05, 4.69) is 5.32 Å². The molecule has 0 spiro atoms. The van der Waals surface area contributed by atoms with E-state index in [9.17, 15) is 4.79 Å². The van der Waals surface area contributed by atoms with Crippen LogP contribution in [0.4, 0.5) is 11.4 Å². The molecule has 1 rings (SSSR count). The third kappa shape index (κ3) is 5.80. The SMILES string of the molecule is CN(C)c1ccc(NC(=O)CCCCCCN)cc1Cl. The Labute approximate surface area is 126 Å². The zero-order valence-corrected chi connectivity index (χ0v) is 13.0. The van der Waals surface area contributed by atoms with E-state index in [1.807, 2.05) is 31.1 Å². The van der Waals surface area contributed by atoms with E-state index >= 15 is 0 Å². The fourth-order valence-electron chi connectivity index (χ4n) is 1.95. The molecule has 0 bridgehead atoms. The van der Waals surface area contributed by atoms with Crippen LogP contribution < -0.4 is 16.0 Å². The summed E-state index contributed by atoms with van der Waals surface area (Å²) < 4.78 is 0. The third-order valence-corrected chi connectivity index (χ3v) is 3.37. The first-order valence-corrected chi connectivity index (χ1v) is 7.39. The van der Waals surface area contributed by atoms with Crippen molar-refractivity contribution in [2.45, 2.75) is 32.1 Å². The maximum atomic E-state index is 11.8. The van der Waals surface area contributed by atoms with E-state index in [0.29, 0.717) is 11.4 Å². The van der Waals surface area contributed by atoms with Crippen molar-refractivity contribution in [3.63, 3.8) is 0 Å². The summed E-state index contributed by atoms with van der Waals surface area (Å²) in [6, 6.07) is 5.55. The first-order valence-electron chi connectivity index (χ1n) is 7.01. The molecular weight excluding hydrogens is 274 g/mol. The fraction of sp³-hybridized carbons (Fsp3) is 0.533. The average molecular weight is 298 g/mol. The minimum absolute atomic E-state index is 0.0337. The number of nitrogens with two attached hydrogens (primary N) is 1. The molecule has 0 unspecified atom stereocenters. The molecule has 112 valence electrons. The zero-order chi connectivity index (χ0) is 15.0. The summed E-state index contributed by atoms with van der Waals surface area (Å²) in [5, 5.41) is 3.51. The van der Waals surface area contributed by atoms with Gasteiger partial charge in [-0.05, 0) is 37.6 Å². The second-order valence-corrected chi connectivity index (χ2v) is 5.47. The first-order chi connectivity index (χ1) is 9.54. The van der Waals surface area contributed by atoms with Gasteiger partial charge in [-0.2, -0.15) is 0 Å². The van der Waals surface area contributed by atoms with Gasteiger partial charge in [0.25, 0.3) is 0 Å². The van der Waals surface area contributed by atoms with E-state index in [1.165, 1.54) is 0 Å². The molecule has 20 heavy (non-hydrogen) atoms. The topological polar surface area (TPSA) is 58.4 Å². The monoisotopic (exact) mass is 297 g/mol. The molecule has 1 aromatic carbocycles. The lowest BCUT2D eigenvalue weighted by molar-refractivity contribution is -0.116. The lowest BCUT2D eigenvalue weighted by atomic mass is 10.1. The van der Waals surface area contributed by atoms with Crippen molar-refractivity contribution in [2.75, 3.05) is 30.9 Å². The number of unbranched alkanes of at least 4 members (excludes halogenated alkanes) is 3. The van der Waals surface area contributed by atoms with Crippen LogP contribution in [-0.4, -0.2) is 26.5 Å². The molecule has 0 radical (unpaired) electrons. The summed E-state index contributed by atoms with van der Waals surface area (Å²) in [6.07, 6.45) is 4.61. The van der Waals surface area contributed by atoms with Crippen LogP contribution in [0.2, 0.25) is 5.02 Å². The van der Waals surface area contributed by atoms with Gasteiger partial charge in [0.05, 0.1) is 10.7 Å². The van der Waals surface area contributed by atoms with Crippen LogP contribution >= 0.6 is 11.6 Å². The molecule has 0 saturated carbocycles. The highest BCUT2D eigenvalue weighted by molar-refractivity contribution is 6.33. The largest absolute Gasteiger partial charge is 0.376 e. The van der Waals surface area contributed by atoms with Gasteiger partial charge in [-0.15, -0.1) is 0 Å². The van der Waals surface area contributed by atoms with Crippen molar-refractivity contribution in [3.05, 3.63) is 23.2 Å². The Kier molecular flexibility index (Phi) is 7.41. The summed E-state index contributed by atoms with van der Waals surface area (Å²) in [5.41, 5.74) is 7.10. The van der Waals surface area contributed by atoms with E-state index in [1.54, 1.807) is 6.07 Å². The minimum Gasteiger partial charge on any atom is -0.376 e. The average Bonchev–Trinajstić information content (AvgIpc) is 2.38. The third-order valence-electron chi connectivity index (χ3n) is 3.07. The number of carbonyl (C=O) groups is 1. The molecule has 0 heterocycles. The minimum atomic E-state index is 0.0337. The number of nitrogens with one attached hydrogen (secondary N) is 1. The molecule has 0 fully saturated rings. The number of benzene rings is 1. The zero-order valence-electron chi connectivity index (χ0n) is 12.3. The predicted octanol–water partition coefficient (Wildman–Crippen LogP) is 3.25. The first kappa shape index (κ1) is 16.8. The summed E-state index contributed by atoms with van der Waals surface area (Å²) in [7, 11) is 3.86. The molecule has 0 aliphatic carbocycles. The van der Waals surface area contributed by atoms with Crippen LogP contribution in [0.3, 0.4) is 0 Å². The van der Waals surface area contributed by atoms with Crippen molar-refractivity contribution in [3.8, 4) is 0 Å². The Hall–Kier alpha value is -1.26. The number of hydrogen-bond donors (Lipinski definition) is 2. The van der Waals surface area contributed by atoms with Crippen LogP contribution in [0, 0.1) is 0 Å². The summed E-state index contributed by atoms with van der Waals surface area (Å²) in [4.78, 5) is 13.7. The van der Waals surface area contributed by atoms with E-state index in [0.717, 1.165) is 43.6 Å². The highest BCUT2D eigenvalue weighted by atomic mass is 35.5. The maximum absolute atomic E-state index is 11.8. The second-order valence-electron chi connectivity index (χ2n) is 5.06. The molecule has 1 amide bonds. The molecule has 0 aliphatic rings. The van der Waals surface area contributed by atoms with Crippen LogP contribution in [0.5, 0.6) is 0 Å². The van der Waals surface area contributed by atoms with Crippen LogP contribution in [0.1, 0.15) is 32.1 Å². The Morgan fingerprint density at radius 1 is 1.25 bits per heavy atom. The van der Waals surface area contributed by atoms with Gasteiger partial charge in [-0.3, -0.25) is 4.79 Å². The number of hydrogen-bond acceptors (Lipinski definition) is 3. The molecule has 1 aromatic rings. The van der Waals surface area contributed by atoms with Gasteiger partial charge in [-0.25, -0.2) is 0 Å². The molecule has 4 nitrogen and oxygen atoms in total. The van der Waals surface area contributed by atoms with Gasteiger partial charge in [0.2, 0.25) is 5.91 Å². The molecule has 0 aromatic heterocycles. The Balaban J connectivity index is 2.40. The second kappa shape index (κ2) is 8.82. The van der Waals surface area contributed by atoms with Gasteiger partial charge in [0.15, 0.2) is 0 Å². The standard InChI is InChI=1S/C15H24ClN3O/c1-19(2)14-9-8-12(11-13(14)16)18-15(20)7-5-3-4-6-10-17/h8-9,11H,3-7,10,17H2,1-2H3,(H,18,20). The number of halogens is 1. The van der Waals surface area contributed by atoms with Crippen LogP contribution in [0.25, 0.3) is 0 Å². The van der Waals surface area contributed by atoms with Gasteiger partial charge < -0.3 is 16.0 Å². The molecule has 0 atom stereocenters. The summed E-state index contributed by atoms with van der Waals surface area (Å²) >= 11 is 6.16. The van der Waals surface area contributed by atoms with Crippen molar-refractivity contribution in [1.82, 2.24) is 0 Å². The van der Waals surface area contributed by atoms with E-state index < -0.39 is 0 Å². The van der Waals surface area contributed by atoms with E-state index in [4.69, 9.17) is 17.3 Å². The Morgan fingerprint density at radius 2 is 1.95 bits per heavy atom. The molecular formula is C15H24ClN3O. The molecule has 0 saturated heterocycles. The predicted molar refractivity (Wildman–Crippen MR) is 86.5 cm³/mol. The lowest BCUT2D eigenvalue weighted by Crippen LogP contribution is -2.12. The highest BCUT2D eigenvalue weighted by Crippen LogP contribution is 2.27. The van der Waals surface area contributed by atoms with E-state index in [-0.39, 0.29) is 5.91 Å². The van der Waals surface area contributed by atoms with Crippen LogP contribution in [0.15, 0.2) is 18.2 Å². The van der Waals surface area contributed by atoms with Crippen molar-refractivity contribution < 1.29 is 4.79 Å². The smallest absolute Gasteiger partial charge is 0.224 e. The van der Waals surface area contributed by atoms with Crippen molar-refractivity contribution >= 4 is 28.9 Å². The number of carbonyl (C=O) groups excluding carboxylic acids is 1. The summed E-state index contributed by atoms with van der Waals surface area (Å²) in [6.45, 7) is 0.725. The van der Waals surface area contributed by atoms with Gasteiger partial charge in [0, 0.05) is 26.2 Å². The normalized spacial score (nSPS) is 10.4. The lowest BCUT2D eigenvalue weighted by Gasteiger charge is -2.15. The quantitative estimate of drug-likeness (QED) is 0.724. The summed E-state index contributed by atoms with van der Waals surface area (Å²) in [5.74, 6) is 0.0337. The Morgan fingerprint density at radius 3 is 2.55 bits per heavy atom. The van der Waals surface area contributed by atoms with Gasteiger partial charge in [0.1, 0.15) is 0 Å². The molecule has 3 N–H and O–H groups in total. The number of rotatable bonds is 8.